The largest absolute Gasteiger partial charge is 0.496 e. The number of para-hydroxylation sites is 1. The van der Waals surface area contributed by atoms with Crippen LogP contribution >= 0.6 is 0 Å². The second-order valence-corrected chi connectivity index (χ2v) is 15.3. The highest BCUT2D eigenvalue weighted by atomic mass is 16.7. The van der Waals surface area contributed by atoms with Gasteiger partial charge in [-0.15, -0.1) is 0 Å². The summed E-state index contributed by atoms with van der Waals surface area (Å²) in [7, 11) is 3.46. The number of ether oxygens (including phenoxy) is 1. The molecule has 0 aromatic heterocycles. The fraction of sp³-hybridized carbons (Fsp3) is 0.512. The van der Waals surface area contributed by atoms with E-state index in [9.17, 15) is 14.7 Å². The first-order valence-corrected chi connectivity index (χ1v) is 18.1. The Morgan fingerprint density at radius 3 is 2.42 bits per heavy atom. The van der Waals surface area contributed by atoms with Gasteiger partial charge in [-0.2, -0.15) is 5.06 Å². The molecule has 4 fully saturated rings. The van der Waals surface area contributed by atoms with Crippen molar-refractivity contribution in [3.8, 4) is 16.9 Å². The van der Waals surface area contributed by atoms with Crippen LogP contribution in [0.5, 0.6) is 5.75 Å². The van der Waals surface area contributed by atoms with Gasteiger partial charge in [-0.05, 0) is 72.6 Å². The number of nitrogens with one attached hydrogen (secondary N) is 1. The average molecular weight is 683 g/mol. The summed E-state index contributed by atoms with van der Waals surface area (Å²) in [6.45, 7) is 9.73. The lowest BCUT2D eigenvalue weighted by atomic mass is 9.45. The molecule has 4 aliphatic rings. The number of hydroxylamine groups is 2. The van der Waals surface area contributed by atoms with Crippen molar-refractivity contribution in [3.05, 3.63) is 89.5 Å². The summed E-state index contributed by atoms with van der Waals surface area (Å²) in [5.74, 6) is 1.57. The van der Waals surface area contributed by atoms with Crippen molar-refractivity contribution >= 4 is 11.8 Å². The molecule has 50 heavy (non-hydrogen) atoms. The molecule has 268 valence electrons. The van der Waals surface area contributed by atoms with Crippen molar-refractivity contribution in [2.24, 2.45) is 34.8 Å². The van der Waals surface area contributed by atoms with Crippen LogP contribution in [-0.4, -0.2) is 78.4 Å². The summed E-state index contributed by atoms with van der Waals surface area (Å²) in [5, 5.41) is 16.0. The topological polar surface area (TPSA) is 117 Å². The van der Waals surface area contributed by atoms with Crippen molar-refractivity contribution in [2.75, 3.05) is 27.2 Å². The van der Waals surface area contributed by atoms with Gasteiger partial charge in [0, 0.05) is 48.8 Å². The number of carbonyl (C=O) groups excluding carboxylic acids is 2. The van der Waals surface area contributed by atoms with E-state index in [0.717, 1.165) is 29.5 Å². The summed E-state index contributed by atoms with van der Waals surface area (Å²) < 4.78 is 5.99. The normalized spacial score (nSPS) is 27.6. The van der Waals surface area contributed by atoms with Gasteiger partial charge in [-0.25, -0.2) is 0 Å². The van der Waals surface area contributed by atoms with Crippen LogP contribution in [0.2, 0.25) is 0 Å². The standard InChI is InChI=1S/C41H54N4O5/c1-25-33-21-31(41(33,3)4)22-34(25)43-39(47)37-36(26(2)46)35(23-42)50-45(37)24-30-13-10-14-32(38(30)49-6)28-15-17-29(18-16-28)40(48)44(5)20-19-27-11-8-7-9-12-27/h7-18,25-26,31,33-37,46H,19-24,42H2,1-6H3,(H,43,47)/t25-,26-,31+,33-,34?,35-,36+,37-/m0/s1. The van der Waals surface area contributed by atoms with Crippen molar-refractivity contribution in [1.29, 1.82) is 0 Å². The van der Waals surface area contributed by atoms with Crippen molar-refractivity contribution in [1.82, 2.24) is 15.3 Å². The zero-order valence-electron chi connectivity index (χ0n) is 30.3. The zero-order valence-corrected chi connectivity index (χ0v) is 30.3. The van der Waals surface area contributed by atoms with Crippen LogP contribution in [0.15, 0.2) is 72.8 Å². The SMILES string of the molecule is COc1c(CN2O[C@@H](CN)[C@@H]([C@H](C)O)[C@H]2C(=O)NC2C[C@H]3C[C@@H]([C@@H]2C)C3(C)C)cccc1-c1ccc(C(=O)N(C)CCc2ccccc2)cc1. The number of hydrogen-bond acceptors (Lipinski definition) is 7. The smallest absolute Gasteiger partial charge is 0.253 e. The van der Waals surface area contributed by atoms with Crippen LogP contribution in [0.25, 0.3) is 11.1 Å². The van der Waals surface area contributed by atoms with E-state index in [-0.39, 0.29) is 30.9 Å². The molecule has 3 aromatic carbocycles. The summed E-state index contributed by atoms with van der Waals surface area (Å²) in [6.07, 6.45) is 1.68. The number of nitrogens with two attached hydrogens (primary N) is 1. The Hall–Kier alpha value is -3.76. The maximum absolute atomic E-state index is 14.2. The van der Waals surface area contributed by atoms with Gasteiger partial charge >= 0.3 is 0 Å². The van der Waals surface area contributed by atoms with Crippen LogP contribution in [-0.2, 0) is 22.6 Å². The minimum Gasteiger partial charge on any atom is -0.496 e. The van der Waals surface area contributed by atoms with E-state index in [1.165, 1.54) is 12.0 Å². The van der Waals surface area contributed by atoms with Gasteiger partial charge in [-0.3, -0.25) is 14.4 Å². The first kappa shape index (κ1) is 36.0. The van der Waals surface area contributed by atoms with E-state index < -0.39 is 24.2 Å². The summed E-state index contributed by atoms with van der Waals surface area (Å²) >= 11 is 0. The first-order chi connectivity index (χ1) is 23.9. The van der Waals surface area contributed by atoms with Crippen molar-refractivity contribution in [3.63, 3.8) is 0 Å². The molecule has 3 saturated carbocycles. The van der Waals surface area contributed by atoms with Crippen molar-refractivity contribution in [2.45, 2.75) is 77.8 Å². The molecule has 3 aliphatic carbocycles. The molecule has 9 heteroatoms. The third-order valence-electron chi connectivity index (χ3n) is 12.1. The predicted octanol–water partition coefficient (Wildman–Crippen LogP) is 5.30. The van der Waals surface area contributed by atoms with Crippen LogP contribution in [0.4, 0.5) is 0 Å². The van der Waals surface area contributed by atoms with Crippen LogP contribution < -0.4 is 15.8 Å². The molecule has 4 N–H and O–H groups in total. The van der Waals surface area contributed by atoms with Gasteiger partial charge in [0.15, 0.2) is 0 Å². The highest BCUT2D eigenvalue weighted by molar-refractivity contribution is 5.94. The van der Waals surface area contributed by atoms with Gasteiger partial charge in [-0.1, -0.05) is 81.4 Å². The number of benzene rings is 3. The predicted molar refractivity (Wildman–Crippen MR) is 195 cm³/mol. The minimum atomic E-state index is -0.799. The maximum Gasteiger partial charge on any atom is 0.253 e. The number of likely N-dealkylation sites (N-methyl/N-ethyl adjacent to an activating group) is 1. The molecular formula is C41H54N4O5. The molecule has 1 saturated heterocycles. The summed E-state index contributed by atoms with van der Waals surface area (Å²) in [5.41, 5.74) is 10.9. The van der Waals surface area contributed by atoms with Gasteiger partial charge in [0.1, 0.15) is 11.8 Å². The Bertz CT molecular complexity index is 1640. The first-order valence-electron chi connectivity index (χ1n) is 18.1. The highest BCUT2D eigenvalue weighted by Gasteiger charge is 2.57. The van der Waals surface area contributed by atoms with E-state index in [0.29, 0.717) is 41.0 Å². The average Bonchev–Trinajstić information content (AvgIpc) is 3.50. The second kappa shape index (κ2) is 14.8. The molecule has 0 radical (unpaired) electrons. The quantitative estimate of drug-likeness (QED) is 0.237. The number of aliphatic hydroxyl groups is 1. The molecule has 2 bridgehead atoms. The minimum absolute atomic E-state index is 0.0332. The zero-order chi connectivity index (χ0) is 35.7. The Morgan fingerprint density at radius 1 is 1.08 bits per heavy atom. The van der Waals surface area contributed by atoms with E-state index in [1.54, 1.807) is 24.0 Å². The third-order valence-corrected chi connectivity index (χ3v) is 12.1. The molecule has 1 aliphatic heterocycles. The highest BCUT2D eigenvalue weighted by Crippen LogP contribution is 2.61. The number of fused-ring (bicyclic) bond motifs is 2. The van der Waals surface area contributed by atoms with Crippen LogP contribution in [0.1, 0.15) is 62.0 Å². The molecule has 7 rings (SSSR count). The van der Waals surface area contributed by atoms with E-state index >= 15 is 0 Å². The number of hydrogen-bond donors (Lipinski definition) is 3. The summed E-state index contributed by atoms with van der Waals surface area (Å²) in [6, 6.07) is 23.0. The summed E-state index contributed by atoms with van der Waals surface area (Å²) in [4.78, 5) is 35.5. The molecule has 9 nitrogen and oxygen atoms in total. The Morgan fingerprint density at radius 2 is 1.80 bits per heavy atom. The number of aliphatic hydroxyl groups excluding tert-OH is 1. The third kappa shape index (κ3) is 6.93. The van der Waals surface area contributed by atoms with Crippen LogP contribution in [0.3, 0.4) is 0 Å². The van der Waals surface area contributed by atoms with E-state index in [4.69, 9.17) is 15.3 Å². The number of carbonyl (C=O) groups is 2. The fourth-order valence-electron chi connectivity index (χ4n) is 8.93. The molecule has 1 heterocycles. The number of nitrogens with zero attached hydrogens (tertiary/aromatic N) is 2. The van der Waals surface area contributed by atoms with E-state index in [2.05, 4.69) is 38.2 Å². The van der Waals surface area contributed by atoms with Crippen LogP contribution in [0, 0.1) is 29.1 Å². The second-order valence-electron chi connectivity index (χ2n) is 15.3. The Kier molecular flexibility index (Phi) is 10.7. The van der Waals surface area contributed by atoms with Gasteiger partial charge in [0.05, 0.1) is 25.9 Å². The van der Waals surface area contributed by atoms with E-state index in [1.807, 2.05) is 67.7 Å². The maximum atomic E-state index is 14.2. The number of methoxy groups -OCH3 is 1. The molecule has 0 spiro atoms. The lowest BCUT2D eigenvalue weighted by Gasteiger charge is -2.62. The molecule has 1 unspecified atom stereocenters. The van der Waals surface area contributed by atoms with Crippen molar-refractivity contribution < 1.29 is 24.3 Å². The monoisotopic (exact) mass is 682 g/mol. The lowest BCUT2D eigenvalue weighted by Crippen LogP contribution is -2.62. The molecule has 3 aromatic rings. The number of rotatable bonds is 12. The molecule has 8 atom stereocenters. The van der Waals surface area contributed by atoms with Gasteiger partial charge in [0.25, 0.3) is 5.91 Å². The fourth-order valence-corrected chi connectivity index (χ4v) is 8.93. The number of amides is 2. The molecular weight excluding hydrogens is 628 g/mol. The molecule has 2 amide bonds. The Balaban J connectivity index is 1.19. The Labute approximate surface area is 297 Å². The lowest BCUT2D eigenvalue weighted by molar-refractivity contribution is -0.175. The van der Waals surface area contributed by atoms with Gasteiger partial charge < -0.3 is 25.8 Å². The van der Waals surface area contributed by atoms with Gasteiger partial charge in [0.2, 0.25) is 5.91 Å².